The Kier molecular flexibility index (Phi) is 5.39. The molecule has 1 saturated heterocycles. The summed E-state index contributed by atoms with van der Waals surface area (Å²) >= 11 is 0. The van der Waals surface area contributed by atoms with E-state index in [1.165, 1.54) is 7.05 Å². The molecule has 0 bridgehead atoms. The van der Waals surface area contributed by atoms with Crippen molar-refractivity contribution in [3.8, 4) is 0 Å². The lowest BCUT2D eigenvalue weighted by Crippen LogP contribution is -2.44. The Hall–Kier alpha value is -3.23. The van der Waals surface area contributed by atoms with Crippen LogP contribution in [0.3, 0.4) is 0 Å². The van der Waals surface area contributed by atoms with Gasteiger partial charge in [0, 0.05) is 19.8 Å². The van der Waals surface area contributed by atoms with Crippen LogP contribution in [0.4, 0.5) is 10.5 Å². The maximum atomic E-state index is 12.2. The molecule has 1 aromatic rings. The van der Waals surface area contributed by atoms with Gasteiger partial charge in [-0.3, -0.25) is 24.1 Å². The van der Waals surface area contributed by atoms with Crippen LogP contribution in [0.15, 0.2) is 18.2 Å². The van der Waals surface area contributed by atoms with Gasteiger partial charge in [-0.1, -0.05) is 18.2 Å². The van der Waals surface area contributed by atoms with Gasteiger partial charge < -0.3 is 10.2 Å². The van der Waals surface area contributed by atoms with Crippen LogP contribution in [-0.2, 0) is 19.2 Å². The molecule has 1 fully saturated rings. The molecule has 0 saturated carbocycles. The molecule has 1 N–H and O–H groups in total. The van der Waals surface area contributed by atoms with E-state index in [-0.39, 0.29) is 6.54 Å². The van der Waals surface area contributed by atoms with Gasteiger partial charge in [-0.2, -0.15) is 0 Å². The number of hydrogen-bond acceptors (Lipinski definition) is 5. The highest BCUT2D eigenvalue weighted by Crippen LogP contribution is 2.19. The summed E-state index contributed by atoms with van der Waals surface area (Å²) in [4.78, 5) is 61.6. The minimum Gasteiger partial charge on any atom is -0.335 e. The SMILES string of the molecule is Cc1cccc(C)c1NC(=O)CN(C)C(=O)CN1C(=O)C(=O)N(C)C1=O. The lowest BCUT2D eigenvalue weighted by molar-refractivity contribution is -0.144. The number of benzene rings is 1. The van der Waals surface area contributed by atoms with Crippen molar-refractivity contribution < 1.29 is 24.0 Å². The zero-order chi connectivity index (χ0) is 19.6. The molecular formula is C17H20N4O5. The second-order valence-corrected chi connectivity index (χ2v) is 6.10. The average molecular weight is 360 g/mol. The number of anilines is 1. The van der Waals surface area contributed by atoms with E-state index in [1.807, 2.05) is 32.0 Å². The number of urea groups is 1. The van der Waals surface area contributed by atoms with Crippen LogP contribution in [0.5, 0.6) is 0 Å². The van der Waals surface area contributed by atoms with E-state index < -0.39 is 36.2 Å². The molecule has 0 aromatic heterocycles. The number of nitrogens with zero attached hydrogens (tertiary/aromatic N) is 3. The largest absolute Gasteiger partial charge is 0.335 e. The first kappa shape index (κ1) is 19.1. The molecule has 0 atom stereocenters. The van der Waals surface area contributed by atoms with Crippen molar-refractivity contribution in [3.05, 3.63) is 29.3 Å². The zero-order valence-electron chi connectivity index (χ0n) is 15.0. The number of aryl methyl sites for hydroxylation is 2. The number of amides is 6. The molecule has 138 valence electrons. The van der Waals surface area contributed by atoms with Crippen molar-refractivity contribution in [1.29, 1.82) is 0 Å². The second-order valence-electron chi connectivity index (χ2n) is 6.10. The molecular weight excluding hydrogens is 340 g/mol. The van der Waals surface area contributed by atoms with Crippen LogP contribution in [0.25, 0.3) is 0 Å². The lowest BCUT2D eigenvalue weighted by Gasteiger charge is -2.20. The summed E-state index contributed by atoms with van der Waals surface area (Å²) in [6, 6.07) is 4.73. The monoisotopic (exact) mass is 360 g/mol. The molecule has 9 heteroatoms. The van der Waals surface area contributed by atoms with E-state index in [4.69, 9.17) is 0 Å². The molecule has 0 unspecified atom stereocenters. The van der Waals surface area contributed by atoms with Gasteiger partial charge in [-0.15, -0.1) is 0 Å². The Morgan fingerprint density at radius 1 is 1.08 bits per heavy atom. The summed E-state index contributed by atoms with van der Waals surface area (Å²) in [5.74, 6) is -3.09. The van der Waals surface area contributed by atoms with Crippen molar-refractivity contribution in [2.45, 2.75) is 13.8 Å². The predicted octanol–water partition coefficient (Wildman–Crippen LogP) is 0.121. The Morgan fingerprint density at radius 3 is 2.15 bits per heavy atom. The van der Waals surface area contributed by atoms with Crippen LogP contribution in [0.1, 0.15) is 11.1 Å². The van der Waals surface area contributed by atoms with Gasteiger partial charge >= 0.3 is 17.8 Å². The molecule has 9 nitrogen and oxygen atoms in total. The third-order valence-corrected chi connectivity index (χ3v) is 4.10. The van der Waals surface area contributed by atoms with Gasteiger partial charge in [0.1, 0.15) is 6.54 Å². The standard InChI is InChI=1S/C17H20N4O5/c1-10-6-5-7-11(2)14(10)18-12(22)8-19(3)13(23)9-21-16(25)15(24)20(4)17(21)26/h5-7H,8-9H2,1-4H3,(H,18,22). The summed E-state index contributed by atoms with van der Waals surface area (Å²) < 4.78 is 0. The maximum absolute atomic E-state index is 12.2. The van der Waals surface area contributed by atoms with Crippen LogP contribution < -0.4 is 5.32 Å². The fraction of sp³-hybridized carbons (Fsp3) is 0.353. The molecule has 0 spiro atoms. The highest BCUT2D eigenvalue weighted by Gasteiger charge is 2.43. The highest BCUT2D eigenvalue weighted by atomic mass is 16.2. The first-order chi connectivity index (χ1) is 12.1. The smallest absolute Gasteiger partial charge is 0.334 e. The first-order valence-corrected chi connectivity index (χ1v) is 7.87. The van der Waals surface area contributed by atoms with Crippen LogP contribution >= 0.6 is 0 Å². The number of imide groups is 2. The molecule has 1 aliphatic rings. The van der Waals surface area contributed by atoms with Gasteiger partial charge in [-0.05, 0) is 25.0 Å². The van der Waals surface area contributed by atoms with E-state index in [2.05, 4.69) is 5.32 Å². The minimum atomic E-state index is -1.06. The Balaban J connectivity index is 1.97. The lowest BCUT2D eigenvalue weighted by atomic mass is 10.1. The number of rotatable bonds is 5. The Labute approximate surface area is 150 Å². The van der Waals surface area contributed by atoms with Crippen molar-refractivity contribution in [2.24, 2.45) is 0 Å². The summed E-state index contributed by atoms with van der Waals surface area (Å²) in [6.45, 7) is 2.86. The second kappa shape index (κ2) is 7.34. The molecule has 0 radical (unpaired) electrons. The molecule has 2 rings (SSSR count). The summed E-state index contributed by atoms with van der Waals surface area (Å²) in [5.41, 5.74) is 2.46. The van der Waals surface area contributed by atoms with Gasteiger partial charge in [0.05, 0.1) is 6.54 Å². The predicted molar refractivity (Wildman–Crippen MR) is 92.1 cm³/mol. The Bertz CT molecular complexity index is 784. The first-order valence-electron chi connectivity index (χ1n) is 7.87. The molecule has 1 aromatic carbocycles. The highest BCUT2D eigenvalue weighted by molar-refractivity contribution is 6.44. The summed E-state index contributed by atoms with van der Waals surface area (Å²) in [7, 11) is 2.54. The van der Waals surface area contributed by atoms with E-state index in [1.54, 1.807) is 0 Å². The third-order valence-electron chi connectivity index (χ3n) is 4.10. The quantitative estimate of drug-likeness (QED) is 0.593. The number of hydrogen-bond donors (Lipinski definition) is 1. The normalized spacial score (nSPS) is 14.1. The summed E-state index contributed by atoms with van der Waals surface area (Å²) in [6.07, 6.45) is 0. The van der Waals surface area contributed by atoms with Crippen LogP contribution in [-0.4, -0.2) is 71.5 Å². The Morgan fingerprint density at radius 2 is 1.65 bits per heavy atom. The molecule has 6 amide bonds. The molecule has 0 aliphatic carbocycles. The van der Waals surface area contributed by atoms with E-state index in [0.29, 0.717) is 15.5 Å². The number of likely N-dealkylation sites (N-methyl/N-ethyl adjacent to an activating group) is 2. The maximum Gasteiger partial charge on any atom is 0.334 e. The molecule has 1 heterocycles. The van der Waals surface area contributed by atoms with E-state index in [0.717, 1.165) is 23.1 Å². The average Bonchev–Trinajstić information content (AvgIpc) is 2.76. The van der Waals surface area contributed by atoms with Crippen molar-refractivity contribution in [1.82, 2.24) is 14.7 Å². The fourth-order valence-corrected chi connectivity index (χ4v) is 2.50. The van der Waals surface area contributed by atoms with E-state index in [9.17, 15) is 24.0 Å². The van der Waals surface area contributed by atoms with E-state index >= 15 is 0 Å². The van der Waals surface area contributed by atoms with Gasteiger partial charge in [-0.25, -0.2) is 9.69 Å². The summed E-state index contributed by atoms with van der Waals surface area (Å²) in [5, 5.41) is 2.75. The number of nitrogens with one attached hydrogen (secondary N) is 1. The van der Waals surface area contributed by atoms with Gasteiger partial charge in [0.15, 0.2) is 0 Å². The van der Waals surface area contributed by atoms with Crippen LogP contribution in [0, 0.1) is 13.8 Å². The van der Waals surface area contributed by atoms with Crippen molar-refractivity contribution in [2.75, 3.05) is 32.5 Å². The minimum absolute atomic E-state index is 0.257. The van der Waals surface area contributed by atoms with Crippen LogP contribution in [0.2, 0.25) is 0 Å². The third kappa shape index (κ3) is 3.71. The fourth-order valence-electron chi connectivity index (χ4n) is 2.50. The van der Waals surface area contributed by atoms with Gasteiger partial charge in [0.25, 0.3) is 0 Å². The van der Waals surface area contributed by atoms with Crippen molar-refractivity contribution in [3.63, 3.8) is 0 Å². The molecule has 1 aliphatic heterocycles. The molecule has 26 heavy (non-hydrogen) atoms. The number of carbonyl (C=O) groups is 5. The zero-order valence-corrected chi connectivity index (χ0v) is 15.0. The van der Waals surface area contributed by atoms with Crippen molar-refractivity contribution >= 4 is 35.3 Å². The number of carbonyl (C=O) groups excluding carboxylic acids is 5. The number of para-hydroxylation sites is 1. The van der Waals surface area contributed by atoms with Gasteiger partial charge in [0.2, 0.25) is 11.8 Å². The topological polar surface area (TPSA) is 107 Å².